The molecule has 0 radical (unpaired) electrons. The number of benzene rings is 1. The van der Waals surface area contributed by atoms with Crippen molar-refractivity contribution in [1.29, 1.82) is 0 Å². The SMILES string of the molecule is Nc1ncnc(N/N=C/c2cc3ccccc3nc2Cl)c1[N+](=O)[O-]. The lowest BCUT2D eigenvalue weighted by Gasteiger charge is -2.03. The number of anilines is 2. The lowest BCUT2D eigenvalue weighted by atomic mass is 10.2. The highest BCUT2D eigenvalue weighted by Gasteiger charge is 2.20. The fraction of sp³-hybridized carbons (Fsp3) is 0. The van der Waals surface area contributed by atoms with E-state index >= 15 is 0 Å². The van der Waals surface area contributed by atoms with Crippen LogP contribution in [0.3, 0.4) is 0 Å². The Morgan fingerprint density at radius 3 is 2.92 bits per heavy atom. The summed E-state index contributed by atoms with van der Waals surface area (Å²) in [6, 6.07) is 9.27. The average Bonchev–Trinajstić information content (AvgIpc) is 2.55. The number of nitrogens with one attached hydrogen (secondary N) is 1. The minimum Gasteiger partial charge on any atom is -0.378 e. The van der Waals surface area contributed by atoms with Crippen molar-refractivity contribution in [3.8, 4) is 0 Å². The molecule has 0 spiro atoms. The molecule has 0 saturated heterocycles. The first-order chi connectivity index (χ1) is 11.6. The van der Waals surface area contributed by atoms with Gasteiger partial charge in [0.05, 0.1) is 16.7 Å². The summed E-state index contributed by atoms with van der Waals surface area (Å²) in [5, 5.41) is 16.1. The Bertz CT molecular complexity index is 961. The summed E-state index contributed by atoms with van der Waals surface area (Å²) in [5.41, 5.74) is 8.80. The molecule has 0 bridgehead atoms. The van der Waals surface area contributed by atoms with Gasteiger partial charge >= 0.3 is 5.69 Å². The van der Waals surface area contributed by atoms with Crippen LogP contribution >= 0.6 is 11.6 Å². The maximum absolute atomic E-state index is 11.0. The van der Waals surface area contributed by atoms with Gasteiger partial charge in [0.25, 0.3) is 0 Å². The minimum atomic E-state index is -0.683. The summed E-state index contributed by atoms with van der Waals surface area (Å²) in [6.45, 7) is 0. The number of nitro groups is 1. The number of hydrogen-bond donors (Lipinski definition) is 2. The lowest BCUT2D eigenvalue weighted by Crippen LogP contribution is -2.05. The molecule has 9 nitrogen and oxygen atoms in total. The molecule has 24 heavy (non-hydrogen) atoms. The quantitative estimate of drug-likeness (QED) is 0.322. The molecule has 0 aliphatic rings. The molecule has 1 aromatic carbocycles. The number of fused-ring (bicyclic) bond motifs is 1. The maximum Gasteiger partial charge on any atom is 0.354 e. The number of hydrazone groups is 1. The van der Waals surface area contributed by atoms with Crippen molar-refractivity contribution in [1.82, 2.24) is 15.0 Å². The van der Waals surface area contributed by atoms with E-state index in [1.54, 1.807) is 6.07 Å². The van der Waals surface area contributed by atoms with E-state index in [1.807, 2.05) is 24.3 Å². The molecule has 120 valence electrons. The molecule has 10 heteroatoms. The van der Waals surface area contributed by atoms with Crippen LogP contribution in [0, 0.1) is 10.1 Å². The first kappa shape index (κ1) is 15.6. The number of halogens is 1. The molecule has 2 aromatic heterocycles. The first-order valence-electron chi connectivity index (χ1n) is 6.65. The molecular weight excluding hydrogens is 334 g/mol. The van der Waals surface area contributed by atoms with Gasteiger partial charge in [-0.25, -0.2) is 15.0 Å². The number of hydrogen-bond acceptors (Lipinski definition) is 8. The smallest absolute Gasteiger partial charge is 0.354 e. The zero-order valence-electron chi connectivity index (χ0n) is 12.0. The molecule has 0 amide bonds. The molecule has 0 aliphatic carbocycles. The Hall–Kier alpha value is -3.33. The van der Waals surface area contributed by atoms with Gasteiger partial charge < -0.3 is 5.73 Å². The minimum absolute atomic E-state index is 0.117. The van der Waals surface area contributed by atoms with E-state index < -0.39 is 10.6 Å². The van der Waals surface area contributed by atoms with Crippen molar-refractivity contribution in [2.45, 2.75) is 0 Å². The number of rotatable bonds is 4. The molecular formula is C14H10ClN7O2. The molecule has 3 rings (SSSR count). The highest BCUT2D eigenvalue weighted by Crippen LogP contribution is 2.26. The number of nitrogens with zero attached hydrogens (tertiary/aromatic N) is 5. The standard InChI is InChI=1S/C14H10ClN7O2/c15-12-9(5-8-3-1-2-4-10(8)20-12)6-19-21-14-11(22(23)24)13(16)17-7-18-14/h1-7H,(H3,16,17,18,21)/b19-6+. The molecule has 2 heterocycles. The van der Waals surface area contributed by atoms with Crippen LogP contribution < -0.4 is 11.2 Å². The molecule has 3 aromatic rings. The van der Waals surface area contributed by atoms with Gasteiger partial charge in [-0.15, -0.1) is 0 Å². The summed E-state index contributed by atoms with van der Waals surface area (Å²) in [6.07, 6.45) is 2.49. The summed E-state index contributed by atoms with van der Waals surface area (Å²) in [4.78, 5) is 21.9. The Morgan fingerprint density at radius 2 is 2.12 bits per heavy atom. The second-order valence-corrected chi connectivity index (χ2v) is 5.00. The van der Waals surface area contributed by atoms with E-state index in [0.717, 1.165) is 17.2 Å². The van der Waals surface area contributed by atoms with Gasteiger partial charge in [-0.3, -0.25) is 15.5 Å². The fourth-order valence-electron chi connectivity index (χ4n) is 2.02. The number of pyridine rings is 1. The predicted octanol–water partition coefficient (Wildman–Crippen LogP) is 2.61. The second-order valence-electron chi connectivity index (χ2n) is 4.64. The molecule has 0 atom stereocenters. The third-order valence-electron chi connectivity index (χ3n) is 3.11. The molecule has 0 saturated carbocycles. The van der Waals surface area contributed by atoms with E-state index in [-0.39, 0.29) is 16.8 Å². The van der Waals surface area contributed by atoms with Crippen LogP contribution in [0.5, 0.6) is 0 Å². The van der Waals surface area contributed by atoms with Gasteiger partial charge in [0.1, 0.15) is 11.5 Å². The van der Waals surface area contributed by atoms with Crippen molar-refractivity contribution in [3.05, 3.63) is 57.5 Å². The predicted molar refractivity (Wildman–Crippen MR) is 91.1 cm³/mol. The normalized spacial score (nSPS) is 11.0. The van der Waals surface area contributed by atoms with E-state index in [9.17, 15) is 10.1 Å². The highest BCUT2D eigenvalue weighted by molar-refractivity contribution is 6.32. The van der Waals surface area contributed by atoms with Crippen LogP contribution in [0.4, 0.5) is 17.3 Å². The van der Waals surface area contributed by atoms with Gasteiger partial charge in [-0.2, -0.15) is 5.10 Å². The summed E-state index contributed by atoms with van der Waals surface area (Å²) in [7, 11) is 0. The topological polar surface area (TPSA) is 132 Å². The van der Waals surface area contributed by atoms with Gasteiger partial charge in [-0.1, -0.05) is 29.8 Å². The van der Waals surface area contributed by atoms with Gasteiger partial charge in [0, 0.05) is 10.9 Å². The monoisotopic (exact) mass is 343 g/mol. The number of para-hydroxylation sites is 1. The zero-order chi connectivity index (χ0) is 17.1. The lowest BCUT2D eigenvalue weighted by molar-refractivity contribution is -0.383. The van der Waals surface area contributed by atoms with Crippen molar-refractivity contribution in [2.24, 2.45) is 5.10 Å². The van der Waals surface area contributed by atoms with Crippen molar-refractivity contribution >= 4 is 46.0 Å². The number of nitrogen functional groups attached to an aromatic ring is 1. The molecule has 3 N–H and O–H groups in total. The van der Waals surface area contributed by atoms with Gasteiger partial charge in [-0.05, 0) is 12.1 Å². The molecule has 0 fully saturated rings. The summed E-state index contributed by atoms with van der Waals surface area (Å²) >= 11 is 6.11. The average molecular weight is 344 g/mol. The van der Waals surface area contributed by atoms with Gasteiger partial charge in [0.15, 0.2) is 0 Å². The van der Waals surface area contributed by atoms with Gasteiger partial charge in [0.2, 0.25) is 11.6 Å². The Kier molecular flexibility index (Phi) is 4.17. The third kappa shape index (κ3) is 3.06. The van der Waals surface area contributed by atoms with Crippen LogP contribution in [0.15, 0.2) is 41.8 Å². The van der Waals surface area contributed by atoms with Crippen LogP contribution in [0.2, 0.25) is 5.15 Å². The van der Waals surface area contributed by atoms with E-state index in [0.29, 0.717) is 5.56 Å². The maximum atomic E-state index is 11.0. The highest BCUT2D eigenvalue weighted by atomic mass is 35.5. The summed E-state index contributed by atoms with van der Waals surface area (Å²) < 4.78 is 0. The van der Waals surface area contributed by atoms with Crippen LogP contribution in [0.25, 0.3) is 10.9 Å². The van der Waals surface area contributed by atoms with Crippen molar-refractivity contribution in [3.63, 3.8) is 0 Å². The Balaban J connectivity index is 1.89. The third-order valence-corrected chi connectivity index (χ3v) is 3.41. The zero-order valence-corrected chi connectivity index (χ0v) is 12.8. The largest absolute Gasteiger partial charge is 0.378 e. The Labute approximate surface area is 140 Å². The second kappa shape index (κ2) is 6.42. The number of nitrogens with two attached hydrogens (primary N) is 1. The molecule has 0 aliphatic heterocycles. The summed E-state index contributed by atoms with van der Waals surface area (Å²) in [5.74, 6) is -0.369. The number of aromatic nitrogens is 3. The van der Waals surface area contributed by atoms with E-state index in [1.165, 1.54) is 6.21 Å². The van der Waals surface area contributed by atoms with Crippen LogP contribution in [0.1, 0.15) is 5.56 Å². The fourth-order valence-corrected chi connectivity index (χ4v) is 2.21. The Morgan fingerprint density at radius 1 is 1.33 bits per heavy atom. The van der Waals surface area contributed by atoms with E-state index in [4.69, 9.17) is 17.3 Å². The van der Waals surface area contributed by atoms with Crippen LogP contribution in [-0.2, 0) is 0 Å². The molecule has 0 unspecified atom stereocenters. The van der Waals surface area contributed by atoms with Crippen LogP contribution in [-0.4, -0.2) is 26.1 Å². The van der Waals surface area contributed by atoms with Crippen molar-refractivity contribution < 1.29 is 4.92 Å². The van der Waals surface area contributed by atoms with Crippen molar-refractivity contribution in [2.75, 3.05) is 11.2 Å². The van der Waals surface area contributed by atoms with E-state index in [2.05, 4.69) is 25.5 Å². The first-order valence-corrected chi connectivity index (χ1v) is 7.03.